The lowest BCUT2D eigenvalue weighted by Crippen LogP contribution is -2.45. The highest BCUT2D eigenvalue weighted by atomic mass is 35.5. The van der Waals surface area contributed by atoms with Crippen LogP contribution in [0.3, 0.4) is 0 Å². The predicted octanol–water partition coefficient (Wildman–Crippen LogP) is 5.52. The average molecular weight is 591 g/mol. The molecule has 9 nitrogen and oxygen atoms in total. The number of nitrogens with one attached hydrogen (secondary N) is 2. The maximum atomic E-state index is 14.0. The van der Waals surface area contributed by atoms with Crippen LogP contribution >= 0.6 is 11.6 Å². The monoisotopic (exact) mass is 590 g/mol. The molecule has 13 heteroatoms. The van der Waals surface area contributed by atoms with Crippen molar-refractivity contribution in [2.24, 2.45) is 0 Å². The topological polar surface area (TPSA) is 91.9 Å². The largest absolute Gasteiger partial charge is 0.480 e. The summed E-state index contributed by atoms with van der Waals surface area (Å²) in [5, 5.41) is 5.88. The predicted molar refractivity (Wildman–Crippen MR) is 149 cm³/mol. The lowest BCUT2D eigenvalue weighted by Gasteiger charge is -2.34. The summed E-state index contributed by atoms with van der Waals surface area (Å²) in [6.07, 6.45) is -3.42. The first-order valence-electron chi connectivity index (χ1n) is 13.3. The molecule has 0 aliphatic carbocycles. The fraction of sp³-hybridized carbons (Fsp3) is 0.393. The Labute approximate surface area is 240 Å². The number of carbonyl (C=O) groups excluding carboxylic acids is 1. The zero-order valence-electron chi connectivity index (χ0n) is 22.6. The first-order chi connectivity index (χ1) is 19.6. The summed E-state index contributed by atoms with van der Waals surface area (Å²) in [6, 6.07) is 8.19. The molecule has 1 saturated heterocycles. The van der Waals surface area contributed by atoms with Crippen molar-refractivity contribution in [2.45, 2.75) is 32.7 Å². The van der Waals surface area contributed by atoms with Crippen LogP contribution in [0.2, 0.25) is 5.02 Å². The van der Waals surface area contributed by atoms with Gasteiger partial charge in [0.05, 0.1) is 17.1 Å². The minimum Gasteiger partial charge on any atom is -0.480 e. The van der Waals surface area contributed by atoms with Gasteiger partial charge in [-0.2, -0.15) is 18.2 Å². The second kappa shape index (κ2) is 12.1. The van der Waals surface area contributed by atoms with Gasteiger partial charge >= 0.3 is 6.18 Å². The molecule has 1 amide bonds. The Kier molecular flexibility index (Phi) is 8.52. The Bertz CT molecular complexity index is 1420. The highest BCUT2D eigenvalue weighted by Crippen LogP contribution is 2.39. The minimum atomic E-state index is -4.58. The van der Waals surface area contributed by atoms with Crippen LogP contribution in [0.15, 0.2) is 42.7 Å². The average Bonchev–Trinajstić information content (AvgIpc) is 2.95. The van der Waals surface area contributed by atoms with E-state index in [1.807, 2.05) is 11.8 Å². The van der Waals surface area contributed by atoms with Crippen molar-refractivity contribution in [2.75, 3.05) is 49.9 Å². The highest BCUT2D eigenvalue weighted by molar-refractivity contribution is 6.32. The van der Waals surface area contributed by atoms with Crippen molar-refractivity contribution < 1.29 is 27.4 Å². The van der Waals surface area contributed by atoms with Crippen LogP contribution in [-0.2, 0) is 12.7 Å². The molecule has 0 spiro atoms. The first-order valence-corrected chi connectivity index (χ1v) is 13.7. The number of alkyl halides is 3. The van der Waals surface area contributed by atoms with Gasteiger partial charge in [0, 0.05) is 44.0 Å². The standard InChI is InChI=1S/C28H30ClF3N6O3/c1-3-37-8-10-38(11-9-37)15-19-4-6-20(13-21(19)28(30,31)32)36-26(39)18-5-7-22(29)23(12-18)41-27-24-25(34-16-35-27)33-14-17(2)40-24/h4-7,12-13,16-17H,3,8-11,14-15H2,1-2H3,(H,36,39)(H,33,34,35)/t17-/m1/s1. The number of benzene rings is 2. The van der Waals surface area contributed by atoms with Crippen molar-refractivity contribution >= 4 is 29.0 Å². The summed E-state index contributed by atoms with van der Waals surface area (Å²) < 4.78 is 53.7. The number of carbonyl (C=O) groups is 1. The molecule has 0 saturated carbocycles. The van der Waals surface area contributed by atoms with Gasteiger partial charge in [-0.1, -0.05) is 24.6 Å². The Morgan fingerprint density at radius 2 is 1.90 bits per heavy atom. The molecule has 1 atom stereocenters. The van der Waals surface area contributed by atoms with Gasteiger partial charge in [-0.25, -0.2) is 4.98 Å². The van der Waals surface area contributed by atoms with Gasteiger partial charge in [0.1, 0.15) is 18.2 Å². The SMILES string of the molecule is CCN1CCN(Cc2ccc(NC(=O)c3ccc(Cl)c(Oc4ncnc5c4O[C@H](C)CN5)c3)cc2C(F)(F)F)CC1. The zero-order valence-corrected chi connectivity index (χ0v) is 23.3. The molecule has 0 unspecified atom stereocenters. The van der Waals surface area contributed by atoms with E-state index in [9.17, 15) is 18.0 Å². The second-order valence-electron chi connectivity index (χ2n) is 9.95. The van der Waals surface area contributed by atoms with Crippen LogP contribution in [-0.4, -0.2) is 71.0 Å². The van der Waals surface area contributed by atoms with Crippen LogP contribution in [0, 0.1) is 0 Å². The lowest BCUT2D eigenvalue weighted by molar-refractivity contribution is -0.138. The third kappa shape index (κ3) is 6.83. The Morgan fingerprint density at radius 3 is 2.63 bits per heavy atom. The second-order valence-corrected chi connectivity index (χ2v) is 10.4. The quantitative estimate of drug-likeness (QED) is 0.372. The molecular weight excluding hydrogens is 561 g/mol. The van der Waals surface area contributed by atoms with Gasteiger partial charge in [0.25, 0.3) is 11.8 Å². The third-order valence-electron chi connectivity index (χ3n) is 7.03. The number of hydrogen-bond donors (Lipinski definition) is 2. The van der Waals surface area contributed by atoms with Gasteiger partial charge in [-0.3, -0.25) is 9.69 Å². The number of halogens is 4. The van der Waals surface area contributed by atoms with Crippen molar-refractivity contribution in [1.82, 2.24) is 19.8 Å². The van der Waals surface area contributed by atoms with Gasteiger partial charge < -0.3 is 25.0 Å². The number of ether oxygens (including phenoxy) is 2. The molecule has 2 aliphatic rings. The number of nitrogens with zero attached hydrogens (tertiary/aromatic N) is 4. The van der Waals surface area contributed by atoms with E-state index in [1.54, 1.807) is 0 Å². The summed E-state index contributed by atoms with van der Waals surface area (Å²) in [7, 11) is 0. The van der Waals surface area contributed by atoms with E-state index >= 15 is 0 Å². The molecule has 3 aromatic rings. The molecule has 1 aromatic heterocycles. The Hall–Kier alpha value is -3.61. The van der Waals surface area contributed by atoms with Crippen LogP contribution in [0.25, 0.3) is 0 Å². The van der Waals surface area contributed by atoms with Crippen LogP contribution in [0.4, 0.5) is 24.7 Å². The maximum Gasteiger partial charge on any atom is 0.416 e. The molecule has 2 aromatic carbocycles. The van der Waals surface area contributed by atoms with E-state index in [1.165, 1.54) is 36.7 Å². The van der Waals surface area contributed by atoms with Crippen molar-refractivity contribution in [1.29, 1.82) is 0 Å². The molecule has 0 radical (unpaired) electrons. The summed E-state index contributed by atoms with van der Waals surface area (Å²) >= 11 is 6.32. The number of hydrogen-bond acceptors (Lipinski definition) is 8. The molecule has 3 heterocycles. The van der Waals surface area contributed by atoms with Crippen LogP contribution < -0.4 is 20.1 Å². The third-order valence-corrected chi connectivity index (χ3v) is 7.34. The number of anilines is 2. The lowest BCUT2D eigenvalue weighted by atomic mass is 10.0. The van der Waals surface area contributed by atoms with E-state index in [4.69, 9.17) is 21.1 Å². The van der Waals surface area contributed by atoms with Crippen molar-refractivity contribution in [3.05, 3.63) is 64.4 Å². The minimum absolute atomic E-state index is 0.0256. The van der Waals surface area contributed by atoms with Crippen LogP contribution in [0.1, 0.15) is 35.3 Å². The Morgan fingerprint density at radius 1 is 1.15 bits per heavy atom. The Balaban J connectivity index is 1.32. The number of amides is 1. The van der Waals surface area contributed by atoms with Gasteiger partial charge in [0.2, 0.25) is 5.75 Å². The molecule has 1 fully saturated rings. The van der Waals surface area contributed by atoms with Crippen molar-refractivity contribution in [3.8, 4) is 17.4 Å². The summed E-state index contributed by atoms with van der Waals surface area (Å²) in [5.41, 5.74) is -0.449. The normalized spacial score (nSPS) is 17.8. The maximum absolute atomic E-state index is 14.0. The summed E-state index contributed by atoms with van der Waals surface area (Å²) in [4.78, 5) is 25.6. The summed E-state index contributed by atoms with van der Waals surface area (Å²) in [6.45, 7) is 8.65. The fourth-order valence-electron chi connectivity index (χ4n) is 4.74. The van der Waals surface area contributed by atoms with E-state index < -0.39 is 17.6 Å². The number of aromatic nitrogens is 2. The van der Waals surface area contributed by atoms with E-state index in [0.717, 1.165) is 25.7 Å². The molecular formula is C28H30ClF3N6O3. The van der Waals surface area contributed by atoms with E-state index in [-0.39, 0.29) is 46.1 Å². The number of piperazine rings is 1. The van der Waals surface area contributed by atoms with Crippen LogP contribution in [0.5, 0.6) is 17.4 Å². The molecule has 218 valence electrons. The first kappa shape index (κ1) is 28.9. The van der Waals surface area contributed by atoms with E-state index in [0.29, 0.717) is 31.2 Å². The smallest absolute Gasteiger partial charge is 0.416 e. The number of fused-ring (bicyclic) bond motifs is 1. The number of likely N-dealkylation sites (N-methyl/N-ethyl adjacent to an activating group) is 1. The van der Waals surface area contributed by atoms with Gasteiger partial charge in [-0.15, -0.1) is 0 Å². The number of rotatable bonds is 7. The van der Waals surface area contributed by atoms with Gasteiger partial charge in [-0.05, 0) is 49.4 Å². The molecule has 2 aliphatic heterocycles. The highest BCUT2D eigenvalue weighted by Gasteiger charge is 2.34. The zero-order chi connectivity index (χ0) is 29.1. The van der Waals surface area contributed by atoms with Gasteiger partial charge in [0.15, 0.2) is 5.82 Å². The summed E-state index contributed by atoms with van der Waals surface area (Å²) in [5.74, 6) is 0.375. The molecule has 0 bridgehead atoms. The molecule has 2 N–H and O–H groups in total. The molecule has 41 heavy (non-hydrogen) atoms. The van der Waals surface area contributed by atoms with E-state index in [2.05, 4.69) is 32.4 Å². The fourth-order valence-corrected chi connectivity index (χ4v) is 4.89. The molecule has 5 rings (SSSR count). The van der Waals surface area contributed by atoms with Crippen molar-refractivity contribution in [3.63, 3.8) is 0 Å².